The van der Waals surface area contributed by atoms with E-state index in [4.69, 9.17) is 0 Å². The average Bonchev–Trinajstić information content (AvgIpc) is 3.35. The number of amides is 1. The molecule has 0 spiro atoms. The van der Waals surface area contributed by atoms with E-state index in [1.807, 2.05) is 36.4 Å². The third kappa shape index (κ3) is 4.06. The Bertz CT molecular complexity index is 650. The van der Waals surface area contributed by atoms with Crippen LogP contribution in [0.5, 0.6) is 0 Å². The molecule has 3 rings (SSSR count). The highest BCUT2D eigenvalue weighted by atomic mass is 16.1. The number of hydrogen-bond acceptors (Lipinski definition) is 4. The van der Waals surface area contributed by atoms with Gasteiger partial charge in [-0.3, -0.25) is 4.79 Å². The quantitative estimate of drug-likeness (QED) is 0.818. The number of carbonyl (C=O) groups is 1. The van der Waals surface area contributed by atoms with Gasteiger partial charge in [-0.2, -0.15) is 0 Å². The van der Waals surface area contributed by atoms with E-state index in [1.165, 1.54) is 25.7 Å². The molecule has 5 nitrogen and oxygen atoms in total. The van der Waals surface area contributed by atoms with Gasteiger partial charge in [0.15, 0.2) is 5.69 Å². The molecular weight excluding hydrogens is 288 g/mol. The Morgan fingerprint density at radius 2 is 1.91 bits per heavy atom. The summed E-state index contributed by atoms with van der Waals surface area (Å²) in [7, 11) is 0. The van der Waals surface area contributed by atoms with Gasteiger partial charge in [-0.05, 0) is 48.9 Å². The smallest absolute Gasteiger partial charge is 0.276 e. The molecule has 0 saturated heterocycles. The molecule has 1 aromatic carbocycles. The Balaban J connectivity index is 1.55. The van der Waals surface area contributed by atoms with Crippen LogP contribution in [0.2, 0.25) is 0 Å². The van der Waals surface area contributed by atoms with Crippen LogP contribution in [0.1, 0.15) is 43.1 Å². The predicted molar refractivity (Wildman–Crippen MR) is 91.5 cm³/mol. The Labute approximate surface area is 136 Å². The zero-order valence-corrected chi connectivity index (χ0v) is 13.4. The number of hydrogen-bond donors (Lipinski definition) is 2. The lowest BCUT2D eigenvalue weighted by Gasteiger charge is -2.15. The van der Waals surface area contributed by atoms with Crippen molar-refractivity contribution in [2.75, 3.05) is 17.2 Å². The molecule has 2 N–H and O–H groups in total. The first kappa shape index (κ1) is 15.5. The molecule has 23 heavy (non-hydrogen) atoms. The summed E-state index contributed by atoms with van der Waals surface area (Å²) in [6, 6.07) is 12.8. The molecule has 0 atom stereocenters. The fourth-order valence-electron chi connectivity index (χ4n) is 2.76. The molecule has 120 valence electrons. The summed E-state index contributed by atoms with van der Waals surface area (Å²) < 4.78 is 0. The van der Waals surface area contributed by atoms with Crippen molar-refractivity contribution in [2.24, 2.45) is 5.41 Å². The van der Waals surface area contributed by atoms with E-state index >= 15 is 0 Å². The fraction of sp³-hybridized carbons (Fsp3) is 0.389. The normalized spacial score (nSPS) is 15.0. The number of carbonyl (C=O) groups excluding carboxylic acids is 1. The van der Waals surface area contributed by atoms with Crippen molar-refractivity contribution in [3.05, 3.63) is 48.2 Å². The van der Waals surface area contributed by atoms with Gasteiger partial charge in [0.25, 0.3) is 5.91 Å². The van der Waals surface area contributed by atoms with Crippen molar-refractivity contribution in [3.8, 4) is 0 Å². The molecule has 1 aromatic heterocycles. The summed E-state index contributed by atoms with van der Waals surface area (Å²) in [6.45, 7) is 3.16. The molecule has 1 aliphatic rings. The summed E-state index contributed by atoms with van der Waals surface area (Å²) >= 11 is 0. The second-order valence-electron chi connectivity index (χ2n) is 6.23. The van der Waals surface area contributed by atoms with Gasteiger partial charge < -0.3 is 10.6 Å². The number of anilines is 2. The SMILES string of the molecule is CCCC1(CNc2ccc(C(=O)Nc3ccccc3)nn2)CC1. The minimum atomic E-state index is -0.250. The largest absolute Gasteiger partial charge is 0.368 e. The average molecular weight is 310 g/mol. The standard InChI is InChI=1S/C18H22N4O/c1-2-10-18(11-12-18)13-19-16-9-8-15(21-22-16)17(23)20-14-6-4-3-5-7-14/h3-9H,2,10-13H2,1H3,(H,19,22)(H,20,23). The second-order valence-corrected chi connectivity index (χ2v) is 6.23. The van der Waals surface area contributed by atoms with E-state index < -0.39 is 0 Å². The van der Waals surface area contributed by atoms with Crippen LogP contribution in [0.15, 0.2) is 42.5 Å². The van der Waals surface area contributed by atoms with Crippen molar-refractivity contribution < 1.29 is 4.79 Å². The Morgan fingerprint density at radius 3 is 2.52 bits per heavy atom. The van der Waals surface area contributed by atoms with E-state index in [0.717, 1.165) is 18.1 Å². The molecule has 1 aliphatic carbocycles. The van der Waals surface area contributed by atoms with E-state index in [1.54, 1.807) is 6.07 Å². The van der Waals surface area contributed by atoms with Gasteiger partial charge in [-0.15, -0.1) is 10.2 Å². The number of para-hydroxylation sites is 1. The lowest BCUT2D eigenvalue weighted by Crippen LogP contribution is -2.18. The molecule has 5 heteroatoms. The first-order chi connectivity index (χ1) is 11.2. The first-order valence-corrected chi connectivity index (χ1v) is 8.15. The van der Waals surface area contributed by atoms with Crippen LogP contribution >= 0.6 is 0 Å². The highest BCUT2D eigenvalue weighted by Crippen LogP contribution is 2.49. The minimum Gasteiger partial charge on any atom is -0.368 e. The molecular formula is C18H22N4O. The highest BCUT2D eigenvalue weighted by molar-refractivity contribution is 6.02. The van der Waals surface area contributed by atoms with Gasteiger partial charge in [0.05, 0.1) is 0 Å². The second kappa shape index (κ2) is 6.77. The fourth-order valence-corrected chi connectivity index (χ4v) is 2.76. The number of nitrogens with one attached hydrogen (secondary N) is 2. The molecule has 1 saturated carbocycles. The van der Waals surface area contributed by atoms with Gasteiger partial charge in [0, 0.05) is 12.2 Å². The third-order valence-electron chi connectivity index (χ3n) is 4.31. The van der Waals surface area contributed by atoms with Crippen LogP contribution in [0.25, 0.3) is 0 Å². The van der Waals surface area contributed by atoms with E-state index in [0.29, 0.717) is 11.1 Å². The van der Waals surface area contributed by atoms with Gasteiger partial charge in [0.1, 0.15) is 5.82 Å². The maximum Gasteiger partial charge on any atom is 0.276 e. The van der Waals surface area contributed by atoms with Crippen LogP contribution in [0, 0.1) is 5.41 Å². The van der Waals surface area contributed by atoms with Gasteiger partial charge in [0.2, 0.25) is 0 Å². The highest BCUT2D eigenvalue weighted by Gasteiger charge is 2.41. The number of benzene rings is 1. The van der Waals surface area contributed by atoms with Crippen LogP contribution < -0.4 is 10.6 Å². The summed E-state index contributed by atoms with van der Waals surface area (Å²) in [4.78, 5) is 12.1. The molecule has 0 bridgehead atoms. The van der Waals surface area contributed by atoms with Crippen molar-refractivity contribution in [1.82, 2.24) is 10.2 Å². The zero-order chi connectivity index (χ0) is 16.1. The monoisotopic (exact) mass is 310 g/mol. The first-order valence-electron chi connectivity index (χ1n) is 8.15. The summed E-state index contributed by atoms with van der Waals surface area (Å²) in [5.74, 6) is 0.475. The molecule has 2 aromatic rings. The van der Waals surface area contributed by atoms with Crippen molar-refractivity contribution >= 4 is 17.4 Å². The van der Waals surface area contributed by atoms with Gasteiger partial charge in [-0.1, -0.05) is 31.5 Å². The van der Waals surface area contributed by atoms with Gasteiger partial charge >= 0.3 is 0 Å². The lowest BCUT2D eigenvalue weighted by atomic mass is 10.0. The summed E-state index contributed by atoms with van der Waals surface area (Å²) in [5, 5.41) is 14.3. The molecule has 1 fully saturated rings. The Morgan fingerprint density at radius 1 is 1.13 bits per heavy atom. The molecule has 0 radical (unpaired) electrons. The van der Waals surface area contributed by atoms with Crippen LogP contribution in [-0.2, 0) is 0 Å². The number of rotatable bonds is 7. The number of aromatic nitrogens is 2. The minimum absolute atomic E-state index is 0.250. The Kier molecular flexibility index (Phi) is 4.55. The van der Waals surface area contributed by atoms with Crippen LogP contribution in [0.3, 0.4) is 0 Å². The molecule has 1 heterocycles. The van der Waals surface area contributed by atoms with E-state index in [9.17, 15) is 4.79 Å². The van der Waals surface area contributed by atoms with Crippen LogP contribution in [0.4, 0.5) is 11.5 Å². The topological polar surface area (TPSA) is 66.9 Å². The predicted octanol–water partition coefficient (Wildman–Crippen LogP) is 3.72. The van der Waals surface area contributed by atoms with Gasteiger partial charge in [-0.25, -0.2) is 0 Å². The van der Waals surface area contributed by atoms with Crippen LogP contribution in [-0.4, -0.2) is 22.6 Å². The van der Waals surface area contributed by atoms with E-state index in [2.05, 4.69) is 27.8 Å². The maximum atomic E-state index is 12.1. The van der Waals surface area contributed by atoms with E-state index in [-0.39, 0.29) is 5.91 Å². The van der Waals surface area contributed by atoms with Crippen molar-refractivity contribution in [1.29, 1.82) is 0 Å². The lowest BCUT2D eigenvalue weighted by molar-refractivity contribution is 0.102. The van der Waals surface area contributed by atoms with Crippen molar-refractivity contribution in [3.63, 3.8) is 0 Å². The Hall–Kier alpha value is -2.43. The number of nitrogens with zero attached hydrogens (tertiary/aromatic N) is 2. The summed E-state index contributed by atoms with van der Waals surface area (Å²) in [5.41, 5.74) is 1.52. The molecule has 1 amide bonds. The van der Waals surface area contributed by atoms with Crippen molar-refractivity contribution in [2.45, 2.75) is 32.6 Å². The zero-order valence-electron chi connectivity index (χ0n) is 13.4. The maximum absolute atomic E-state index is 12.1. The summed E-state index contributed by atoms with van der Waals surface area (Å²) in [6.07, 6.45) is 5.05. The molecule has 0 aliphatic heterocycles. The molecule has 0 unspecified atom stereocenters. The third-order valence-corrected chi connectivity index (χ3v) is 4.31.